The molecule has 0 amide bonds. The minimum Gasteiger partial charge on any atom is -0.309 e. The Morgan fingerprint density at radius 1 is 0.345 bits per heavy atom. The highest BCUT2D eigenvalue weighted by Gasteiger charge is 2.25. The molecule has 55 heavy (non-hydrogen) atoms. The molecule has 0 atom stereocenters. The average Bonchev–Trinajstić information content (AvgIpc) is 3.89. The summed E-state index contributed by atoms with van der Waals surface area (Å²) in [5, 5.41) is 28.3. The molecule has 3 aromatic heterocycles. The molecule has 0 aliphatic carbocycles. The van der Waals surface area contributed by atoms with Crippen molar-refractivity contribution in [1.82, 2.24) is 13.7 Å². The predicted molar refractivity (Wildman–Crippen MR) is 224 cm³/mol. The van der Waals surface area contributed by atoms with Crippen LogP contribution in [0.5, 0.6) is 0 Å². The van der Waals surface area contributed by atoms with Crippen molar-refractivity contribution in [2.45, 2.75) is 0 Å². The van der Waals surface area contributed by atoms with E-state index in [9.17, 15) is 10.5 Å². The molecule has 3 heterocycles. The van der Waals surface area contributed by atoms with Gasteiger partial charge in [-0.15, -0.1) is 0 Å². The van der Waals surface area contributed by atoms with E-state index in [2.05, 4.69) is 159 Å². The second-order valence-electron chi connectivity index (χ2n) is 13.9. The normalized spacial score (nSPS) is 11.6. The number of nitriles is 2. The van der Waals surface area contributed by atoms with E-state index >= 15 is 0 Å². The summed E-state index contributed by atoms with van der Waals surface area (Å²) in [5.41, 5.74) is 11.8. The zero-order valence-corrected chi connectivity index (χ0v) is 29.5. The number of fused-ring (bicyclic) bond motifs is 9. The van der Waals surface area contributed by atoms with Crippen LogP contribution in [0.2, 0.25) is 0 Å². The van der Waals surface area contributed by atoms with E-state index in [0.29, 0.717) is 22.5 Å². The summed E-state index contributed by atoms with van der Waals surface area (Å²) in [6.45, 7) is 0. The van der Waals surface area contributed by atoms with E-state index in [1.54, 1.807) is 12.1 Å². The first-order chi connectivity index (χ1) is 27.2. The Morgan fingerprint density at radius 3 is 1.38 bits per heavy atom. The molecule has 0 aliphatic rings. The van der Waals surface area contributed by atoms with E-state index in [1.165, 1.54) is 10.8 Å². The number of benzene rings is 8. The third-order valence-corrected chi connectivity index (χ3v) is 11.1. The fourth-order valence-electron chi connectivity index (χ4n) is 8.87. The number of rotatable bonds is 4. The monoisotopic (exact) mass is 699 g/mol. The van der Waals surface area contributed by atoms with Gasteiger partial charge in [0.1, 0.15) is 12.1 Å². The maximum Gasteiger partial charge on any atom is 0.101 e. The molecule has 0 saturated heterocycles. The summed E-state index contributed by atoms with van der Waals surface area (Å²) in [7, 11) is 0. The molecular formula is C50H29N5. The summed E-state index contributed by atoms with van der Waals surface area (Å²) in [4.78, 5) is 0. The van der Waals surface area contributed by atoms with Crippen molar-refractivity contribution in [1.29, 1.82) is 10.5 Å². The lowest BCUT2D eigenvalue weighted by Crippen LogP contribution is -2.08. The van der Waals surface area contributed by atoms with Crippen LogP contribution in [0.3, 0.4) is 0 Å². The van der Waals surface area contributed by atoms with Gasteiger partial charge >= 0.3 is 0 Å². The number of hydrogen-bond donors (Lipinski definition) is 0. The number of para-hydroxylation sites is 5. The van der Waals surface area contributed by atoms with E-state index in [1.807, 2.05) is 30.3 Å². The van der Waals surface area contributed by atoms with Crippen molar-refractivity contribution >= 4 is 65.4 Å². The highest BCUT2D eigenvalue weighted by molar-refractivity contribution is 6.18. The summed E-state index contributed by atoms with van der Waals surface area (Å²) < 4.78 is 6.72. The van der Waals surface area contributed by atoms with Gasteiger partial charge in [-0.05, 0) is 71.8 Å². The van der Waals surface area contributed by atoms with Crippen LogP contribution in [0.15, 0.2) is 176 Å². The SMILES string of the molecule is N#Cc1ccc(C#N)c(-n2c3ccccc3c3c(-c4ccc5c6ccccc6n(-c6ccccc6)c5c4)cccc32)c1-n1c2ccccc2c2ccccc21. The Balaban J connectivity index is 1.25. The summed E-state index contributed by atoms with van der Waals surface area (Å²) in [6.07, 6.45) is 0. The van der Waals surface area contributed by atoms with Crippen molar-refractivity contribution in [2.24, 2.45) is 0 Å². The molecule has 0 aliphatic heterocycles. The van der Waals surface area contributed by atoms with Gasteiger partial charge in [-0.25, -0.2) is 0 Å². The van der Waals surface area contributed by atoms with Gasteiger partial charge in [-0.3, -0.25) is 0 Å². The zero-order valence-electron chi connectivity index (χ0n) is 29.5. The van der Waals surface area contributed by atoms with E-state index in [0.717, 1.165) is 71.5 Å². The second-order valence-corrected chi connectivity index (χ2v) is 13.9. The first-order valence-corrected chi connectivity index (χ1v) is 18.3. The minimum atomic E-state index is 0.484. The van der Waals surface area contributed by atoms with E-state index in [-0.39, 0.29) is 0 Å². The average molecular weight is 700 g/mol. The van der Waals surface area contributed by atoms with Crippen LogP contribution in [-0.2, 0) is 0 Å². The highest BCUT2D eigenvalue weighted by atomic mass is 15.1. The number of hydrogen-bond acceptors (Lipinski definition) is 2. The lowest BCUT2D eigenvalue weighted by molar-refractivity contribution is 1.08. The van der Waals surface area contributed by atoms with Crippen LogP contribution >= 0.6 is 0 Å². The van der Waals surface area contributed by atoms with E-state index in [4.69, 9.17) is 0 Å². The Kier molecular flexibility index (Phi) is 6.61. The third kappa shape index (κ3) is 4.33. The van der Waals surface area contributed by atoms with Crippen LogP contribution in [0.25, 0.3) is 93.6 Å². The van der Waals surface area contributed by atoms with Crippen molar-refractivity contribution < 1.29 is 0 Å². The molecule has 0 fully saturated rings. The first-order valence-electron chi connectivity index (χ1n) is 18.3. The molecule has 0 spiro atoms. The van der Waals surface area contributed by atoms with Crippen LogP contribution in [0, 0.1) is 22.7 Å². The molecule has 5 nitrogen and oxygen atoms in total. The fourth-order valence-corrected chi connectivity index (χ4v) is 8.87. The zero-order chi connectivity index (χ0) is 36.6. The lowest BCUT2D eigenvalue weighted by Gasteiger charge is -2.19. The summed E-state index contributed by atoms with van der Waals surface area (Å²) in [5.74, 6) is 0. The molecule has 0 radical (unpaired) electrons. The van der Waals surface area contributed by atoms with Crippen molar-refractivity contribution in [3.63, 3.8) is 0 Å². The molecule has 8 aromatic carbocycles. The molecule has 11 aromatic rings. The largest absolute Gasteiger partial charge is 0.309 e. The van der Waals surface area contributed by atoms with Crippen LogP contribution in [0.4, 0.5) is 0 Å². The van der Waals surface area contributed by atoms with Crippen LogP contribution < -0.4 is 0 Å². The van der Waals surface area contributed by atoms with Gasteiger partial charge in [-0.1, -0.05) is 115 Å². The van der Waals surface area contributed by atoms with Crippen molar-refractivity contribution in [3.8, 4) is 40.3 Å². The van der Waals surface area contributed by atoms with Crippen molar-refractivity contribution in [3.05, 3.63) is 187 Å². The maximum atomic E-state index is 10.8. The van der Waals surface area contributed by atoms with Crippen molar-refractivity contribution in [2.75, 3.05) is 0 Å². The third-order valence-electron chi connectivity index (χ3n) is 11.1. The lowest BCUT2D eigenvalue weighted by atomic mass is 9.98. The number of nitrogens with zero attached hydrogens (tertiary/aromatic N) is 5. The predicted octanol–water partition coefficient (Wildman–Crippen LogP) is 12.4. The topological polar surface area (TPSA) is 62.4 Å². The molecule has 0 saturated carbocycles. The first kappa shape index (κ1) is 30.7. The Morgan fingerprint density at radius 2 is 0.800 bits per heavy atom. The minimum absolute atomic E-state index is 0.484. The number of aromatic nitrogens is 3. The highest BCUT2D eigenvalue weighted by Crippen LogP contribution is 2.44. The summed E-state index contributed by atoms with van der Waals surface area (Å²) >= 11 is 0. The molecule has 0 unspecified atom stereocenters. The van der Waals surface area contributed by atoms with Gasteiger partial charge in [0.25, 0.3) is 0 Å². The fraction of sp³-hybridized carbons (Fsp3) is 0. The van der Waals surface area contributed by atoms with Gasteiger partial charge < -0.3 is 13.7 Å². The van der Waals surface area contributed by atoms with Gasteiger partial charge in [0.15, 0.2) is 0 Å². The second kappa shape index (κ2) is 11.8. The smallest absolute Gasteiger partial charge is 0.101 e. The Hall–Kier alpha value is -7.86. The quantitative estimate of drug-likeness (QED) is 0.184. The van der Waals surface area contributed by atoms with E-state index < -0.39 is 0 Å². The van der Waals surface area contributed by atoms with Gasteiger partial charge in [0, 0.05) is 38.0 Å². The van der Waals surface area contributed by atoms with Crippen LogP contribution in [-0.4, -0.2) is 13.7 Å². The Labute approximate surface area is 316 Å². The maximum absolute atomic E-state index is 10.8. The standard InChI is InChI=1S/C50H29N5/c51-30-33-25-26-34(31-52)50(49(33)54-43-21-9-5-15-37(43)38-16-6-10-22-44(38)54)55-45-23-11-7-18-41(45)48-36(19-12-24-46(48)55)32-27-28-40-39-17-4-8-20-42(39)53(47(40)29-32)35-13-2-1-3-14-35/h1-29H. The molecule has 0 N–H and O–H groups in total. The summed E-state index contributed by atoms with van der Waals surface area (Å²) in [6, 6.07) is 65.9. The van der Waals surface area contributed by atoms with Gasteiger partial charge in [0.2, 0.25) is 0 Å². The Bertz CT molecular complexity index is 3400. The van der Waals surface area contributed by atoms with Crippen LogP contribution in [0.1, 0.15) is 11.1 Å². The molecular weight excluding hydrogens is 671 g/mol. The van der Waals surface area contributed by atoms with Gasteiger partial charge in [0.05, 0.1) is 55.6 Å². The molecule has 5 heteroatoms. The van der Waals surface area contributed by atoms with Gasteiger partial charge in [-0.2, -0.15) is 10.5 Å². The molecule has 11 rings (SSSR count). The molecule has 254 valence electrons. The molecule has 0 bridgehead atoms.